The first-order valence-electron chi connectivity index (χ1n) is 6.53. The fourth-order valence-corrected chi connectivity index (χ4v) is 3.00. The SMILES string of the molecule is CN(C)c1nc(N)c(C(=O)N2CCC(C)(C)CC2)s1. The second-order valence-electron chi connectivity index (χ2n) is 6.06. The summed E-state index contributed by atoms with van der Waals surface area (Å²) in [6.45, 7) is 6.11. The Morgan fingerprint density at radius 2 is 1.95 bits per heavy atom. The molecule has 0 radical (unpaired) electrons. The van der Waals surface area contributed by atoms with Gasteiger partial charge in [-0.25, -0.2) is 4.98 Å². The van der Waals surface area contributed by atoms with Crippen LogP contribution >= 0.6 is 11.3 Å². The molecule has 0 spiro atoms. The molecule has 2 N–H and O–H groups in total. The summed E-state index contributed by atoms with van der Waals surface area (Å²) in [6, 6.07) is 0. The first kappa shape index (κ1) is 14.1. The molecule has 0 aliphatic carbocycles. The monoisotopic (exact) mass is 282 g/mol. The molecule has 19 heavy (non-hydrogen) atoms. The molecular formula is C13H22N4OS. The summed E-state index contributed by atoms with van der Waals surface area (Å²) in [4.78, 5) is 21.0. The predicted octanol–water partition coefficient (Wildman–Crippen LogP) is 2.05. The molecule has 1 aromatic rings. The quantitative estimate of drug-likeness (QED) is 0.902. The summed E-state index contributed by atoms with van der Waals surface area (Å²) in [7, 11) is 3.80. The van der Waals surface area contributed by atoms with Gasteiger partial charge in [0.2, 0.25) is 0 Å². The highest BCUT2D eigenvalue weighted by molar-refractivity contribution is 7.18. The normalized spacial score (nSPS) is 18.4. The van der Waals surface area contributed by atoms with Crippen LogP contribution in [-0.4, -0.2) is 43.0 Å². The average Bonchev–Trinajstić information content (AvgIpc) is 2.70. The van der Waals surface area contributed by atoms with E-state index < -0.39 is 0 Å². The maximum absolute atomic E-state index is 12.5. The van der Waals surface area contributed by atoms with Gasteiger partial charge < -0.3 is 15.5 Å². The van der Waals surface area contributed by atoms with Crippen LogP contribution in [0.5, 0.6) is 0 Å². The Hall–Kier alpha value is -1.30. The Balaban J connectivity index is 2.12. The largest absolute Gasteiger partial charge is 0.382 e. The first-order chi connectivity index (χ1) is 8.80. The lowest BCUT2D eigenvalue weighted by molar-refractivity contribution is 0.0636. The van der Waals surface area contributed by atoms with Crippen LogP contribution in [-0.2, 0) is 0 Å². The van der Waals surface area contributed by atoms with Gasteiger partial charge in [0, 0.05) is 27.2 Å². The van der Waals surface area contributed by atoms with Gasteiger partial charge in [0.25, 0.3) is 5.91 Å². The van der Waals surface area contributed by atoms with Crippen molar-refractivity contribution in [3.8, 4) is 0 Å². The molecule has 1 saturated heterocycles. The van der Waals surface area contributed by atoms with Crippen molar-refractivity contribution < 1.29 is 4.79 Å². The molecule has 2 heterocycles. The number of hydrogen-bond acceptors (Lipinski definition) is 5. The van der Waals surface area contributed by atoms with Gasteiger partial charge in [-0.1, -0.05) is 25.2 Å². The number of aromatic nitrogens is 1. The lowest BCUT2D eigenvalue weighted by atomic mass is 9.82. The summed E-state index contributed by atoms with van der Waals surface area (Å²) in [5.41, 5.74) is 6.20. The van der Waals surface area contributed by atoms with Crippen LogP contribution in [0, 0.1) is 5.41 Å². The average molecular weight is 282 g/mol. The standard InChI is InChI=1S/C13H22N4OS/c1-13(2)5-7-17(8-6-13)11(18)9-10(14)15-12(19-9)16(3)4/h5-8,14H2,1-4H3. The van der Waals surface area contributed by atoms with Gasteiger partial charge in [-0.2, -0.15) is 0 Å². The minimum Gasteiger partial charge on any atom is -0.382 e. The van der Waals surface area contributed by atoms with Gasteiger partial charge in [-0.15, -0.1) is 0 Å². The van der Waals surface area contributed by atoms with Crippen LogP contribution < -0.4 is 10.6 Å². The van der Waals surface area contributed by atoms with Crippen molar-refractivity contribution in [3.05, 3.63) is 4.88 Å². The molecule has 1 fully saturated rings. The lowest BCUT2D eigenvalue weighted by Gasteiger charge is -2.36. The molecule has 0 saturated carbocycles. The predicted molar refractivity (Wildman–Crippen MR) is 79.8 cm³/mol. The molecule has 6 heteroatoms. The molecule has 1 aliphatic rings. The Labute approximate surface area is 118 Å². The maximum atomic E-state index is 12.5. The number of piperidine rings is 1. The third-order valence-electron chi connectivity index (χ3n) is 3.62. The topological polar surface area (TPSA) is 62.5 Å². The van der Waals surface area contributed by atoms with Crippen molar-refractivity contribution in [3.63, 3.8) is 0 Å². The van der Waals surface area contributed by atoms with Crippen molar-refractivity contribution in [1.82, 2.24) is 9.88 Å². The van der Waals surface area contributed by atoms with Crippen LogP contribution in [0.3, 0.4) is 0 Å². The number of carbonyl (C=O) groups is 1. The molecule has 0 aromatic carbocycles. The number of likely N-dealkylation sites (tertiary alicyclic amines) is 1. The van der Waals surface area contributed by atoms with Crippen LogP contribution in [0.2, 0.25) is 0 Å². The van der Waals surface area contributed by atoms with E-state index in [4.69, 9.17) is 5.73 Å². The van der Waals surface area contributed by atoms with Crippen LogP contribution in [0.15, 0.2) is 0 Å². The molecule has 0 unspecified atom stereocenters. The van der Waals surface area contributed by atoms with Gasteiger partial charge in [-0.3, -0.25) is 4.79 Å². The minimum atomic E-state index is 0.0265. The van der Waals surface area contributed by atoms with Crippen molar-refractivity contribution in [1.29, 1.82) is 0 Å². The van der Waals surface area contributed by atoms with Crippen molar-refractivity contribution in [2.45, 2.75) is 26.7 Å². The highest BCUT2D eigenvalue weighted by Gasteiger charge is 2.30. The van der Waals surface area contributed by atoms with E-state index in [-0.39, 0.29) is 5.91 Å². The van der Waals surface area contributed by atoms with E-state index in [2.05, 4.69) is 18.8 Å². The summed E-state index contributed by atoms with van der Waals surface area (Å²) in [5, 5.41) is 0.776. The van der Waals surface area contributed by atoms with E-state index in [0.29, 0.717) is 16.1 Å². The second-order valence-corrected chi connectivity index (χ2v) is 7.04. The van der Waals surface area contributed by atoms with Crippen molar-refractivity contribution >= 4 is 28.2 Å². The van der Waals surface area contributed by atoms with Crippen LogP contribution in [0.4, 0.5) is 10.9 Å². The Bertz CT molecular complexity index is 471. The molecule has 1 amide bonds. The molecule has 106 valence electrons. The molecule has 1 aliphatic heterocycles. The second kappa shape index (κ2) is 5.00. The lowest BCUT2D eigenvalue weighted by Crippen LogP contribution is -2.41. The molecule has 0 atom stereocenters. The summed E-state index contributed by atoms with van der Waals surface area (Å²) in [5.74, 6) is 0.377. The van der Waals surface area contributed by atoms with Gasteiger partial charge in [-0.05, 0) is 18.3 Å². The van der Waals surface area contributed by atoms with E-state index in [1.54, 1.807) is 0 Å². The van der Waals surface area contributed by atoms with E-state index in [1.807, 2.05) is 23.9 Å². The van der Waals surface area contributed by atoms with Crippen molar-refractivity contribution in [2.75, 3.05) is 37.8 Å². The maximum Gasteiger partial charge on any atom is 0.267 e. The highest BCUT2D eigenvalue weighted by Crippen LogP contribution is 2.33. The van der Waals surface area contributed by atoms with Gasteiger partial charge >= 0.3 is 0 Å². The van der Waals surface area contributed by atoms with Crippen LogP contribution in [0.1, 0.15) is 36.4 Å². The first-order valence-corrected chi connectivity index (χ1v) is 7.35. The van der Waals surface area contributed by atoms with Crippen molar-refractivity contribution in [2.24, 2.45) is 5.41 Å². The zero-order valence-corrected chi connectivity index (χ0v) is 12.9. The number of nitrogen functional groups attached to an aromatic ring is 1. The smallest absolute Gasteiger partial charge is 0.267 e. The Kier molecular flexibility index (Phi) is 3.71. The van der Waals surface area contributed by atoms with Gasteiger partial charge in [0.1, 0.15) is 10.7 Å². The Morgan fingerprint density at radius 3 is 2.42 bits per heavy atom. The van der Waals surface area contributed by atoms with Gasteiger partial charge in [0.05, 0.1) is 0 Å². The summed E-state index contributed by atoms with van der Waals surface area (Å²) < 4.78 is 0. The summed E-state index contributed by atoms with van der Waals surface area (Å²) in [6.07, 6.45) is 2.08. The summed E-state index contributed by atoms with van der Waals surface area (Å²) >= 11 is 1.37. The van der Waals surface area contributed by atoms with Crippen LogP contribution in [0.25, 0.3) is 0 Å². The van der Waals surface area contributed by atoms with E-state index >= 15 is 0 Å². The fraction of sp³-hybridized carbons (Fsp3) is 0.692. The zero-order valence-electron chi connectivity index (χ0n) is 12.1. The number of amides is 1. The number of thiazole rings is 1. The minimum absolute atomic E-state index is 0.0265. The van der Waals surface area contributed by atoms with E-state index in [9.17, 15) is 4.79 Å². The number of hydrogen-bond donors (Lipinski definition) is 1. The molecule has 1 aromatic heterocycles. The third kappa shape index (κ3) is 3.00. The number of carbonyl (C=O) groups excluding carboxylic acids is 1. The van der Waals surface area contributed by atoms with Gasteiger partial charge in [0.15, 0.2) is 5.13 Å². The fourth-order valence-electron chi connectivity index (χ4n) is 2.12. The third-order valence-corrected chi connectivity index (χ3v) is 4.85. The van der Waals surface area contributed by atoms with E-state index in [0.717, 1.165) is 31.1 Å². The molecular weight excluding hydrogens is 260 g/mol. The molecule has 2 rings (SSSR count). The highest BCUT2D eigenvalue weighted by atomic mass is 32.1. The number of rotatable bonds is 2. The number of anilines is 2. The Morgan fingerprint density at radius 1 is 1.37 bits per heavy atom. The molecule has 0 bridgehead atoms. The number of nitrogens with two attached hydrogens (primary N) is 1. The molecule has 5 nitrogen and oxygen atoms in total. The number of nitrogens with zero attached hydrogens (tertiary/aromatic N) is 3. The zero-order chi connectivity index (χ0) is 14.2. The van der Waals surface area contributed by atoms with E-state index in [1.165, 1.54) is 11.3 Å².